The molecule has 2 saturated heterocycles. The molecule has 2 aromatic rings. The van der Waals surface area contributed by atoms with E-state index in [0.717, 1.165) is 10.5 Å². The van der Waals surface area contributed by atoms with Gasteiger partial charge in [0.2, 0.25) is 35.4 Å². The molecule has 0 radical (unpaired) electrons. The SMILES string of the molecule is CC[C@@H]1NC(=O)[C@@H](NC(=O)CSc2cccc(OC)c2)CCCCNC(=O)[C@@H]2CCCN2C(=O)[C@@H](Cc2ccccc2)NC(=O)[C@H]([C@@H](C)O)NC1=O. The van der Waals surface area contributed by atoms with Crippen molar-refractivity contribution in [2.45, 2.75) is 100 Å². The summed E-state index contributed by atoms with van der Waals surface area (Å²) >= 11 is 1.28. The number of amides is 6. The van der Waals surface area contributed by atoms with Gasteiger partial charge in [0, 0.05) is 24.4 Å². The summed E-state index contributed by atoms with van der Waals surface area (Å²) in [7, 11) is 1.55. The number of hydrogen-bond acceptors (Lipinski definition) is 9. The van der Waals surface area contributed by atoms with Gasteiger partial charge in [-0.1, -0.05) is 43.3 Å². The Labute approximate surface area is 308 Å². The van der Waals surface area contributed by atoms with Gasteiger partial charge in [-0.3, -0.25) is 28.8 Å². The third-order valence-electron chi connectivity index (χ3n) is 9.12. The molecule has 6 N–H and O–H groups in total. The van der Waals surface area contributed by atoms with E-state index in [0.29, 0.717) is 38.0 Å². The third-order valence-corrected chi connectivity index (χ3v) is 10.1. The number of rotatable bonds is 9. The monoisotopic (exact) mass is 738 g/mol. The van der Waals surface area contributed by atoms with Crippen LogP contribution >= 0.6 is 11.8 Å². The van der Waals surface area contributed by atoms with Crippen LogP contribution < -0.4 is 31.3 Å². The van der Waals surface area contributed by atoms with Crippen molar-refractivity contribution in [1.29, 1.82) is 0 Å². The standard InChI is InChI=1S/C37H50N6O8S/c1-4-27-33(46)42-32(23(2)44)36(49)41-29(20-24-12-6-5-7-13-24)37(50)43-19-11-17-30(43)35(48)38-18-9-8-16-28(34(47)40-27)39-31(45)22-52-26-15-10-14-25(21-26)51-3/h5-7,10,12-15,21,23,27-30,32,44H,4,8-9,11,16-20,22H2,1-3H3,(H,38,48)(H,39,45)(H,40,47)(H,41,49)(H,42,46)/t23-,27+,28+,29-,30+,32+/m1/s1. The summed E-state index contributed by atoms with van der Waals surface area (Å²) in [5.74, 6) is -2.57. The predicted molar refractivity (Wildman–Crippen MR) is 195 cm³/mol. The summed E-state index contributed by atoms with van der Waals surface area (Å²) in [6, 6.07) is 11.0. The number of benzene rings is 2. The van der Waals surface area contributed by atoms with Crippen LogP contribution in [-0.4, -0.2) is 108 Å². The Bertz CT molecular complexity index is 1560. The number of methoxy groups -OCH3 is 1. The number of ether oxygens (including phenoxy) is 1. The van der Waals surface area contributed by atoms with Crippen molar-refractivity contribution in [1.82, 2.24) is 31.5 Å². The smallest absolute Gasteiger partial charge is 0.246 e. The van der Waals surface area contributed by atoms with Crippen LogP contribution in [0.15, 0.2) is 59.5 Å². The highest BCUT2D eigenvalue weighted by atomic mass is 32.2. The molecule has 14 nitrogen and oxygen atoms in total. The summed E-state index contributed by atoms with van der Waals surface area (Å²) < 4.78 is 5.25. The number of hydrogen-bond donors (Lipinski definition) is 6. The second kappa shape index (κ2) is 19.8. The Hall–Kier alpha value is -4.63. The van der Waals surface area contributed by atoms with Crippen molar-refractivity contribution in [3.8, 4) is 5.75 Å². The second-order valence-corrected chi connectivity index (χ2v) is 14.1. The predicted octanol–water partition coefficient (Wildman–Crippen LogP) is 1.05. The Kier molecular flexibility index (Phi) is 15.3. The number of nitrogens with one attached hydrogen (secondary N) is 5. The van der Waals surface area contributed by atoms with E-state index in [4.69, 9.17) is 4.74 Å². The van der Waals surface area contributed by atoms with Crippen molar-refractivity contribution in [3.05, 3.63) is 60.2 Å². The highest BCUT2D eigenvalue weighted by Gasteiger charge is 2.39. The second-order valence-electron chi connectivity index (χ2n) is 13.0. The fraction of sp³-hybridized carbons (Fsp3) is 0.514. The van der Waals surface area contributed by atoms with Crippen molar-refractivity contribution in [2.75, 3.05) is 26.0 Å². The minimum atomic E-state index is -1.46. The first-order chi connectivity index (χ1) is 25.0. The maximum Gasteiger partial charge on any atom is 0.246 e. The Morgan fingerprint density at radius 3 is 2.38 bits per heavy atom. The van der Waals surface area contributed by atoms with Crippen LogP contribution in [0.2, 0.25) is 0 Å². The first-order valence-corrected chi connectivity index (χ1v) is 18.8. The van der Waals surface area contributed by atoms with E-state index < -0.39 is 59.9 Å². The number of carbonyl (C=O) groups is 6. The number of aliphatic hydroxyl groups excluding tert-OH is 1. The zero-order valence-corrected chi connectivity index (χ0v) is 30.7. The lowest BCUT2D eigenvalue weighted by atomic mass is 10.0. The average Bonchev–Trinajstić information content (AvgIpc) is 3.64. The van der Waals surface area contributed by atoms with Gasteiger partial charge in [0.25, 0.3) is 0 Å². The van der Waals surface area contributed by atoms with Crippen LogP contribution in [0.1, 0.15) is 57.9 Å². The van der Waals surface area contributed by atoms with E-state index in [2.05, 4.69) is 26.6 Å². The van der Waals surface area contributed by atoms with Gasteiger partial charge in [0.15, 0.2) is 0 Å². The van der Waals surface area contributed by atoms with E-state index in [-0.39, 0.29) is 43.4 Å². The lowest BCUT2D eigenvalue weighted by Crippen LogP contribution is -2.61. The summed E-state index contributed by atoms with van der Waals surface area (Å²) in [6.07, 6.45) is 1.14. The number of carbonyl (C=O) groups excluding carboxylic acids is 6. The minimum Gasteiger partial charge on any atom is -0.497 e. The van der Waals surface area contributed by atoms with Crippen molar-refractivity contribution in [2.24, 2.45) is 0 Å². The summed E-state index contributed by atoms with van der Waals surface area (Å²) in [5.41, 5.74) is 0.770. The Balaban J connectivity index is 1.55. The molecule has 52 heavy (non-hydrogen) atoms. The molecule has 0 spiro atoms. The fourth-order valence-corrected chi connectivity index (χ4v) is 7.00. The Morgan fingerprint density at radius 1 is 0.923 bits per heavy atom. The van der Waals surface area contributed by atoms with Gasteiger partial charge < -0.3 is 41.3 Å². The van der Waals surface area contributed by atoms with E-state index in [1.165, 1.54) is 23.6 Å². The van der Waals surface area contributed by atoms with Crippen LogP contribution in [0.3, 0.4) is 0 Å². The summed E-state index contributed by atoms with van der Waals surface area (Å²) in [6.45, 7) is 3.63. The minimum absolute atomic E-state index is 0.0255. The van der Waals surface area contributed by atoms with E-state index in [1.54, 1.807) is 26.2 Å². The molecule has 2 aliphatic heterocycles. The molecule has 0 saturated carbocycles. The third kappa shape index (κ3) is 11.4. The molecule has 282 valence electrons. The lowest BCUT2D eigenvalue weighted by molar-refractivity contribution is -0.142. The molecule has 15 heteroatoms. The molecular weight excluding hydrogens is 689 g/mol. The van der Waals surface area contributed by atoms with Crippen LogP contribution in [0, 0.1) is 0 Å². The highest BCUT2D eigenvalue weighted by Crippen LogP contribution is 2.23. The van der Waals surface area contributed by atoms with Gasteiger partial charge in [-0.15, -0.1) is 11.8 Å². The number of thioether (sulfide) groups is 1. The van der Waals surface area contributed by atoms with Gasteiger partial charge in [0.1, 0.15) is 36.0 Å². The van der Waals surface area contributed by atoms with Crippen molar-refractivity contribution < 1.29 is 38.6 Å². The molecule has 2 heterocycles. The van der Waals surface area contributed by atoms with Gasteiger partial charge in [-0.05, 0) is 69.2 Å². The zero-order chi connectivity index (χ0) is 37.6. The molecule has 2 aromatic carbocycles. The molecule has 0 aliphatic carbocycles. The molecule has 6 amide bonds. The van der Waals surface area contributed by atoms with E-state index in [9.17, 15) is 33.9 Å². The highest BCUT2D eigenvalue weighted by molar-refractivity contribution is 8.00. The average molecular weight is 739 g/mol. The van der Waals surface area contributed by atoms with Crippen LogP contribution in [0.25, 0.3) is 0 Å². The van der Waals surface area contributed by atoms with Gasteiger partial charge in [-0.25, -0.2) is 0 Å². The fourth-order valence-electron chi connectivity index (χ4n) is 6.25. The van der Waals surface area contributed by atoms with Crippen LogP contribution in [0.5, 0.6) is 5.75 Å². The summed E-state index contributed by atoms with van der Waals surface area (Å²) in [4.78, 5) is 83.5. The van der Waals surface area contributed by atoms with Crippen molar-refractivity contribution >= 4 is 47.2 Å². The molecule has 0 bridgehead atoms. The molecule has 0 aromatic heterocycles. The first kappa shape index (κ1) is 40.1. The number of aliphatic hydroxyl groups is 1. The molecule has 2 fully saturated rings. The first-order valence-electron chi connectivity index (χ1n) is 17.8. The van der Waals surface area contributed by atoms with Gasteiger partial charge in [0.05, 0.1) is 19.0 Å². The van der Waals surface area contributed by atoms with E-state index >= 15 is 0 Å². The van der Waals surface area contributed by atoms with Crippen molar-refractivity contribution in [3.63, 3.8) is 0 Å². The Morgan fingerprint density at radius 2 is 1.67 bits per heavy atom. The lowest BCUT2D eigenvalue weighted by Gasteiger charge is -2.30. The molecule has 0 unspecified atom stereocenters. The maximum absolute atomic E-state index is 14.0. The van der Waals surface area contributed by atoms with Gasteiger partial charge in [-0.2, -0.15) is 0 Å². The van der Waals surface area contributed by atoms with Gasteiger partial charge >= 0.3 is 0 Å². The number of nitrogens with zero attached hydrogens (tertiary/aromatic N) is 1. The maximum atomic E-state index is 14.0. The van der Waals surface area contributed by atoms with E-state index in [1.807, 2.05) is 42.5 Å². The normalized spacial score (nSPS) is 24.5. The quantitative estimate of drug-likeness (QED) is 0.204. The molecule has 6 atom stereocenters. The zero-order valence-electron chi connectivity index (χ0n) is 29.9. The molecule has 4 rings (SSSR count). The largest absolute Gasteiger partial charge is 0.497 e. The molecule has 2 aliphatic rings. The van der Waals surface area contributed by atoms with Crippen LogP contribution in [-0.2, 0) is 35.2 Å². The summed E-state index contributed by atoms with van der Waals surface area (Å²) in [5, 5.41) is 24.3. The molecular formula is C37H50N6O8S. The number of fused-ring (bicyclic) bond motifs is 1. The van der Waals surface area contributed by atoms with Crippen LogP contribution in [0.4, 0.5) is 0 Å². The topological polar surface area (TPSA) is 195 Å².